The first-order chi connectivity index (χ1) is 16.9. The molecular weight excluding hydrogens is 498 g/mol. The van der Waals surface area contributed by atoms with Crippen molar-refractivity contribution in [2.45, 2.75) is 6.92 Å². The normalized spacial score (nSPS) is 18.0. The average Bonchev–Trinajstić information content (AvgIpc) is 2.85. The van der Waals surface area contributed by atoms with E-state index in [2.05, 4.69) is 0 Å². The molecule has 2 aliphatic rings. The molecule has 0 aliphatic carbocycles. The van der Waals surface area contributed by atoms with Crippen molar-refractivity contribution < 1.29 is 46.3 Å². The summed E-state index contributed by atoms with van der Waals surface area (Å²) in [5.74, 6) is -2.38. The quantitative estimate of drug-likeness (QED) is 0.428. The van der Waals surface area contributed by atoms with Gasteiger partial charge in [0.05, 0.1) is 11.1 Å². The summed E-state index contributed by atoms with van der Waals surface area (Å²) in [7, 11) is -4.56. The molecule has 5 rings (SSSR count). The predicted octanol–water partition coefficient (Wildman–Crippen LogP) is 5.26. The van der Waals surface area contributed by atoms with Gasteiger partial charge in [0.25, 0.3) is 0 Å². The van der Waals surface area contributed by atoms with Crippen LogP contribution < -0.4 is 9.05 Å². The van der Waals surface area contributed by atoms with Crippen molar-refractivity contribution in [3.8, 4) is 11.5 Å². The minimum absolute atomic E-state index is 0.0816. The second kappa shape index (κ2) is 9.33. The zero-order chi connectivity index (χ0) is 24.5. The lowest BCUT2D eigenvalue weighted by atomic mass is 10.1. The molecule has 2 unspecified atom stereocenters. The molecule has 0 amide bonds. The molecule has 176 valence electrons. The zero-order valence-electron chi connectivity index (χ0n) is 17.8. The van der Waals surface area contributed by atoms with E-state index in [0.717, 1.165) is 0 Å². The van der Waals surface area contributed by atoms with Gasteiger partial charge in [0.1, 0.15) is 22.6 Å². The summed E-state index contributed by atoms with van der Waals surface area (Å²) in [6, 6.07) is 16.7. The van der Waals surface area contributed by atoms with E-state index >= 15 is 0 Å². The van der Waals surface area contributed by atoms with Gasteiger partial charge in [-0.3, -0.25) is 0 Å². The molecule has 0 N–H and O–H groups in total. The van der Waals surface area contributed by atoms with Crippen LogP contribution in [0.25, 0.3) is 0 Å². The summed E-state index contributed by atoms with van der Waals surface area (Å²) in [6.07, 6.45) is 0. The Morgan fingerprint density at radius 1 is 0.657 bits per heavy atom. The maximum absolute atomic E-state index is 12.5. The van der Waals surface area contributed by atoms with E-state index in [1.165, 1.54) is 30.3 Å². The summed E-state index contributed by atoms with van der Waals surface area (Å²) < 4.78 is 31.4. The van der Waals surface area contributed by atoms with Crippen molar-refractivity contribution in [2.24, 2.45) is 0 Å². The van der Waals surface area contributed by atoms with E-state index in [1.54, 1.807) is 43.3 Å². The SMILES string of the molecule is Cc1cccc2c1OP(OC(=O)c1ccc(C(=O)OP3OC(=O)c4ccccc4O3)cc1)OC2=O. The van der Waals surface area contributed by atoms with Crippen LogP contribution in [0.2, 0.25) is 0 Å². The fourth-order valence-corrected chi connectivity index (χ4v) is 5.02. The number of aryl methyl sites for hydroxylation is 1. The number of fused-ring (bicyclic) bond motifs is 2. The van der Waals surface area contributed by atoms with E-state index in [0.29, 0.717) is 11.3 Å². The molecule has 3 aromatic rings. The Morgan fingerprint density at radius 2 is 1.20 bits per heavy atom. The lowest BCUT2D eigenvalue weighted by Crippen LogP contribution is -2.16. The number of hydrogen-bond donors (Lipinski definition) is 0. The minimum Gasteiger partial charge on any atom is -0.407 e. The maximum atomic E-state index is 12.5. The number of carbonyl (C=O) groups excluding carboxylic acids is 4. The molecule has 12 heteroatoms. The number of para-hydroxylation sites is 2. The Hall–Kier alpha value is -4.00. The van der Waals surface area contributed by atoms with E-state index in [9.17, 15) is 19.2 Å². The third kappa shape index (κ3) is 4.67. The molecule has 0 saturated heterocycles. The van der Waals surface area contributed by atoms with Crippen LogP contribution in [-0.2, 0) is 18.1 Å². The first-order valence-electron chi connectivity index (χ1n) is 10.0. The van der Waals surface area contributed by atoms with Crippen LogP contribution in [0.15, 0.2) is 66.7 Å². The summed E-state index contributed by atoms with van der Waals surface area (Å²) in [5, 5.41) is 0. The van der Waals surface area contributed by atoms with Crippen molar-refractivity contribution >= 4 is 41.1 Å². The summed E-state index contributed by atoms with van der Waals surface area (Å²) in [4.78, 5) is 49.2. The van der Waals surface area contributed by atoms with Gasteiger partial charge in [-0.25, -0.2) is 19.2 Å². The topological polar surface area (TPSA) is 124 Å². The van der Waals surface area contributed by atoms with Gasteiger partial charge in [0, 0.05) is 0 Å². The lowest BCUT2D eigenvalue weighted by Gasteiger charge is -2.23. The first kappa shape index (κ1) is 22.8. The highest BCUT2D eigenvalue weighted by Crippen LogP contribution is 2.49. The Labute approximate surface area is 200 Å². The molecule has 0 bridgehead atoms. The predicted molar refractivity (Wildman–Crippen MR) is 121 cm³/mol. The molecule has 0 saturated carbocycles. The fraction of sp³-hybridized carbons (Fsp3) is 0.0435. The van der Waals surface area contributed by atoms with Crippen molar-refractivity contribution in [1.29, 1.82) is 0 Å². The highest BCUT2D eigenvalue weighted by Gasteiger charge is 2.35. The van der Waals surface area contributed by atoms with Crippen LogP contribution in [0.5, 0.6) is 11.5 Å². The second-order valence-corrected chi connectivity index (χ2v) is 9.16. The molecule has 0 fully saturated rings. The largest absolute Gasteiger partial charge is 0.535 e. The van der Waals surface area contributed by atoms with Crippen LogP contribution in [0.4, 0.5) is 0 Å². The van der Waals surface area contributed by atoms with Crippen LogP contribution >= 0.6 is 17.2 Å². The van der Waals surface area contributed by atoms with E-state index in [1.807, 2.05) is 0 Å². The Kier molecular flexibility index (Phi) is 6.07. The van der Waals surface area contributed by atoms with Gasteiger partial charge in [0.2, 0.25) is 0 Å². The zero-order valence-corrected chi connectivity index (χ0v) is 19.6. The van der Waals surface area contributed by atoms with Crippen molar-refractivity contribution in [3.63, 3.8) is 0 Å². The third-order valence-corrected chi connectivity index (χ3v) is 6.80. The molecule has 2 atom stereocenters. The molecule has 10 nitrogen and oxygen atoms in total. The monoisotopic (exact) mass is 512 g/mol. The van der Waals surface area contributed by atoms with Crippen LogP contribution in [0.1, 0.15) is 47.0 Å². The van der Waals surface area contributed by atoms with Crippen LogP contribution in [0.3, 0.4) is 0 Å². The Balaban J connectivity index is 1.21. The Bertz CT molecular complexity index is 1350. The Morgan fingerprint density at radius 3 is 1.86 bits per heavy atom. The number of carbonyl (C=O) groups is 4. The second-order valence-electron chi connectivity index (χ2n) is 7.17. The molecular formula is C23H14O10P2. The number of benzene rings is 3. The molecule has 35 heavy (non-hydrogen) atoms. The average molecular weight is 512 g/mol. The first-order valence-corrected chi connectivity index (χ1v) is 12.2. The van der Waals surface area contributed by atoms with Crippen molar-refractivity contribution in [1.82, 2.24) is 0 Å². The van der Waals surface area contributed by atoms with Crippen LogP contribution in [0, 0.1) is 6.92 Å². The highest BCUT2D eigenvalue weighted by atomic mass is 31.2. The van der Waals surface area contributed by atoms with Crippen molar-refractivity contribution in [3.05, 3.63) is 94.5 Å². The van der Waals surface area contributed by atoms with Crippen molar-refractivity contribution in [2.75, 3.05) is 0 Å². The smallest absolute Gasteiger partial charge is 0.407 e. The summed E-state index contributed by atoms with van der Waals surface area (Å²) in [5.41, 5.74) is 1.35. The molecule has 0 radical (unpaired) electrons. The third-order valence-electron chi connectivity index (χ3n) is 4.86. The number of rotatable bonds is 4. The highest BCUT2D eigenvalue weighted by molar-refractivity contribution is 7.44. The van der Waals surface area contributed by atoms with Gasteiger partial charge in [-0.2, -0.15) is 0 Å². The van der Waals surface area contributed by atoms with E-state index < -0.39 is 41.1 Å². The number of hydrogen-bond acceptors (Lipinski definition) is 10. The van der Waals surface area contributed by atoms with Gasteiger partial charge in [-0.1, -0.05) is 24.3 Å². The summed E-state index contributed by atoms with van der Waals surface area (Å²) >= 11 is 0. The van der Waals surface area contributed by atoms with Crippen LogP contribution in [-0.4, -0.2) is 23.9 Å². The van der Waals surface area contributed by atoms with Gasteiger partial charge in [-0.15, -0.1) is 0 Å². The van der Waals surface area contributed by atoms with E-state index in [4.69, 9.17) is 27.1 Å². The van der Waals surface area contributed by atoms with E-state index in [-0.39, 0.29) is 28.0 Å². The maximum Gasteiger partial charge on any atom is 0.535 e. The minimum atomic E-state index is -2.29. The summed E-state index contributed by atoms with van der Waals surface area (Å²) in [6.45, 7) is 1.75. The van der Waals surface area contributed by atoms with Gasteiger partial charge in [0.15, 0.2) is 0 Å². The molecule has 0 spiro atoms. The fourth-order valence-electron chi connectivity index (χ4n) is 3.13. The molecule has 2 aliphatic heterocycles. The van der Waals surface area contributed by atoms with Gasteiger partial charge in [-0.05, 0) is 55.0 Å². The lowest BCUT2D eigenvalue weighted by molar-refractivity contribution is 0.0584. The molecule has 3 aromatic carbocycles. The van der Waals surface area contributed by atoms with Gasteiger partial charge >= 0.3 is 41.1 Å². The van der Waals surface area contributed by atoms with Gasteiger partial charge < -0.3 is 27.1 Å². The standard InChI is InChI=1S/C23H14O10P2/c1-13-5-4-7-17-19(13)29-35(33-23(17)27)31-21(25)15-11-9-14(10-12-15)20(24)30-34-28-18-8-3-2-6-16(18)22(26)32-34/h2-12H,1H3. The molecule has 2 heterocycles. The molecule has 0 aromatic heterocycles.